The maximum atomic E-state index is 13.5. The van der Waals surface area contributed by atoms with Gasteiger partial charge in [0, 0.05) is 19.0 Å². The van der Waals surface area contributed by atoms with Crippen molar-refractivity contribution in [3.05, 3.63) is 0 Å². The summed E-state index contributed by atoms with van der Waals surface area (Å²) in [5.41, 5.74) is 4.16. The highest BCUT2D eigenvalue weighted by Crippen LogP contribution is 2.19. The van der Waals surface area contributed by atoms with Crippen LogP contribution in [0.25, 0.3) is 0 Å². The summed E-state index contributed by atoms with van der Waals surface area (Å²) in [4.78, 5) is 51.9. The van der Waals surface area contributed by atoms with E-state index < -0.39 is 29.4 Å². The zero-order chi connectivity index (χ0) is 27.1. The van der Waals surface area contributed by atoms with Crippen LogP contribution in [0.5, 0.6) is 0 Å². The number of amides is 4. The molecule has 0 unspecified atom stereocenters. The number of carbonyl (C=O) groups excluding carboxylic acids is 4. The number of hydrogen-bond donors (Lipinski definition) is 7. The van der Waals surface area contributed by atoms with Crippen LogP contribution in [0.2, 0.25) is 0 Å². The smallest absolute Gasteiger partial charge is 0.246 e. The summed E-state index contributed by atoms with van der Waals surface area (Å²) in [5.74, 6) is -1.84. The number of hydrogen-bond acceptors (Lipinski definition) is 5. The Morgan fingerprint density at radius 2 is 1.69 bits per heavy atom. The summed E-state index contributed by atoms with van der Waals surface area (Å²) in [7, 11) is 0. The molecule has 1 rings (SSSR count). The fraction of sp³-hybridized carbons (Fsp3) is 0.800. The van der Waals surface area contributed by atoms with Crippen LogP contribution in [0.3, 0.4) is 0 Å². The lowest BCUT2D eigenvalue weighted by atomic mass is 9.91. The Morgan fingerprint density at radius 3 is 2.31 bits per heavy atom. The Morgan fingerprint density at radius 1 is 1.06 bits per heavy atom. The van der Waals surface area contributed by atoms with Crippen LogP contribution in [0.1, 0.15) is 91.9 Å². The van der Waals surface area contributed by atoms with Gasteiger partial charge in [0.05, 0.1) is 0 Å². The van der Waals surface area contributed by atoms with Crippen molar-refractivity contribution in [3.8, 4) is 0 Å². The normalized spacial score (nSPS) is 25.2. The van der Waals surface area contributed by atoms with E-state index in [4.69, 9.17) is 11.1 Å². The topological polar surface area (TPSA) is 178 Å². The summed E-state index contributed by atoms with van der Waals surface area (Å²) in [6.45, 7) is 7.96. The molecule has 4 amide bonds. The number of nitrogens with one attached hydrogen (secondary N) is 6. The van der Waals surface area contributed by atoms with Gasteiger partial charge in [-0.1, -0.05) is 52.9 Å². The number of rotatable bonds is 7. The van der Waals surface area contributed by atoms with Crippen LogP contribution in [0.15, 0.2) is 0 Å². The van der Waals surface area contributed by atoms with Crippen LogP contribution >= 0.6 is 0 Å². The molecule has 1 heterocycles. The summed E-state index contributed by atoms with van der Waals surface area (Å²) < 4.78 is 0. The molecule has 0 radical (unpaired) electrons. The van der Waals surface area contributed by atoms with Gasteiger partial charge in [-0.25, -0.2) is 0 Å². The van der Waals surface area contributed by atoms with Gasteiger partial charge in [-0.2, -0.15) is 0 Å². The summed E-state index contributed by atoms with van der Waals surface area (Å²) in [5, 5.41) is 21.4. The molecule has 36 heavy (non-hydrogen) atoms. The van der Waals surface area contributed by atoms with Crippen molar-refractivity contribution in [2.75, 3.05) is 13.1 Å². The van der Waals surface area contributed by atoms with Crippen molar-refractivity contribution in [3.63, 3.8) is 0 Å². The lowest BCUT2D eigenvalue weighted by Crippen LogP contribution is -2.61. The van der Waals surface area contributed by atoms with Crippen molar-refractivity contribution in [2.45, 2.75) is 110 Å². The molecule has 3 atom stereocenters. The average molecular weight is 510 g/mol. The van der Waals surface area contributed by atoms with Crippen LogP contribution in [-0.4, -0.2) is 60.3 Å². The number of carbonyl (C=O) groups is 4. The zero-order valence-corrected chi connectivity index (χ0v) is 22.4. The van der Waals surface area contributed by atoms with E-state index >= 15 is 0 Å². The molecule has 1 fully saturated rings. The second kappa shape index (κ2) is 16.0. The molecule has 1 saturated heterocycles. The van der Waals surface area contributed by atoms with Crippen LogP contribution in [0.4, 0.5) is 0 Å². The Kier molecular flexibility index (Phi) is 13.9. The van der Waals surface area contributed by atoms with Gasteiger partial charge in [-0.3, -0.25) is 24.6 Å². The van der Waals surface area contributed by atoms with E-state index in [2.05, 4.69) is 26.6 Å². The maximum absolute atomic E-state index is 13.5. The third-order valence-corrected chi connectivity index (χ3v) is 6.48. The fourth-order valence-corrected chi connectivity index (χ4v) is 4.04. The van der Waals surface area contributed by atoms with Gasteiger partial charge in [0.2, 0.25) is 23.6 Å². The van der Waals surface area contributed by atoms with Gasteiger partial charge in [-0.15, -0.1) is 0 Å². The van der Waals surface area contributed by atoms with E-state index in [0.29, 0.717) is 32.4 Å². The first-order valence-electron chi connectivity index (χ1n) is 13.3. The first kappa shape index (κ1) is 31.2. The first-order valence-corrected chi connectivity index (χ1v) is 13.3. The van der Waals surface area contributed by atoms with E-state index in [1.54, 1.807) is 20.8 Å². The Balaban J connectivity index is 3.16. The first-order chi connectivity index (χ1) is 17.0. The van der Waals surface area contributed by atoms with Crippen LogP contribution in [-0.2, 0) is 19.2 Å². The molecule has 0 aromatic carbocycles. The minimum absolute atomic E-state index is 0.177. The maximum Gasteiger partial charge on any atom is 0.246 e. The van der Waals surface area contributed by atoms with Crippen molar-refractivity contribution in [2.24, 2.45) is 11.7 Å². The van der Waals surface area contributed by atoms with Gasteiger partial charge >= 0.3 is 0 Å². The molecule has 0 aliphatic carbocycles. The molecule has 0 aromatic heterocycles. The highest BCUT2D eigenvalue weighted by molar-refractivity contribution is 5.96. The van der Waals surface area contributed by atoms with Crippen LogP contribution in [0, 0.1) is 11.3 Å². The highest BCUT2D eigenvalue weighted by Gasteiger charge is 2.37. The Labute approximate surface area is 215 Å². The van der Waals surface area contributed by atoms with Gasteiger partial charge in [0.15, 0.2) is 5.96 Å². The highest BCUT2D eigenvalue weighted by atomic mass is 16.2. The predicted molar refractivity (Wildman–Crippen MR) is 140 cm³/mol. The predicted octanol–water partition coefficient (Wildman–Crippen LogP) is 1.02. The van der Waals surface area contributed by atoms with Gasteiger partial charge in [0.25, 0.3) is 0 Å². The van der Waals surface area contributed by atoms with Gasteiger partial charge < -0.3 is 32.3 Å². The quantitative estimate of drug-likeness (QED) is 0.153. The molecule has 1 aliphatic rings. The standard InChI is InChI=1S/C25H47N7O4/c1-5-18-21(34)28-15-11-9-7-6-8-10-14-25(4,32-20(33)17(2)3)23(36)31-19(22(35)30-18)13-12-16-29-24(26)27/h17-19H,5-16H2,1-4H3,(H,28,34)(H,30,35)(H,31,36)(H,32,33)(H4,26,27,29)/t18-,19-,25+/m0/s1. The third-order valence-electron chi connectivity index (χ3n) is 6.48. The summed E-state index contributed by atoms with van der Waals surface area (Å²) in [6.07, 6.45) is 7.16. The molecular formula is C25H47N7O4. The van der Waals surface area contributed by atoms with E-state index in [-0.39, 0.29) is 30.1 Å². The van der Waals surface area contributed by atoms with Crippen molar-refractivity contribution < 1.29 is 19.2 Å². The van der Waals surface area contributed by atoms with E-state index in [0.717, 1.165) is 38.5 Å². The minimum Gasteiger partial charge on any atom is -0.370 e. The molecule has 11 heteroatoms. The second-order valence-electron chi connectivity index (χ2n) is 10.1. The van der Waals surface area contributed by atoms with Gasteiger partial charge in [-0.05, 0) is 39.0 Å². The fourth-order valence-electron chi connectivity index (χ4n) is 4.04. The molecule has 0 spiro atoms. The lowest BCUT2D eigenvalue weighted by Gasteiger charge is -2.32. The van der Waals surface area contributed by atoms with Crippen molar-refractivity contribution in [1.82, 2.24) is 26.6 Å². The molecule has 206 valence electrons. The second-order valence-corrected chi connectivity index (χ2v) is 10.1. The minimum atomic E-state index is -1.17. The van der Waals surface area contributed by atoms with Gasteiger partial charge in [0.1, 0.15) is 17.6 Å². The summed E-state index contributed by atoms with van der Waals surface area (Å²) >= 11 is 0. The largest absolute Gasteiger partial charge is 0.370 e. The van der Waals surface area contributed by atoms with E-state index in [1.807, 2.05) is 6.92 Å². The van der Waals surface area contributed by atoms with Crippen LogP contribution < -0.4 is 32.3 Å². The molecule has 0 saturated carbocycles. The average Bonchev–Trinajstić information content (AvgIpc) is 2.81. The van der Waals surface area contributed by atoms with Crippen molar-refractivity contribution >= 4 is 29.6 Å². The molecule has 8 N–H and O–H groups in total. The number of nitrogens with two attached hydrogens (primary N) is 1. The van der Waals surface area contributed by atoms with Crippen molar-refractivity contribution in [1.29, 1.82) is 5.41 Å². The zero-order valence-electron chi connectivity index (χ0n) is 22.4. The third kappa shape index (κ3) is 11.3. The number of guanidine groups is 1. The summed E-state index contributed by atoms with van der Waals surface area (Å²) in [6, 6.07) is -1.63. The monoisotopic (exact) mass is 509 g/mol. The van der Waals surface area contributed by atoms with E-state index in [1.165, 1.54) is 0 Å². The molecule has 1 aliphatic heterocycles. The Hall–Kier alpha value is -2.85. The SMILES string of the molecule is CC[C@@H]1NC(=O)[C@H](CCCNC(=N)N)NC(=O)[C@](C)(NC(=O)C(C)C)CCCCCCCCNC1=O. The Bertz CT molecular complexity index is 759. The molecule has 11 nitrogen and oxygen atoms in total. The molecule has 0 aromatic rings. The van der Waals surface area contributed by atoms with E-state index in [9.17, 15) is 19.2 Å². The molecular weight excluding hydrogens is 462 g/mol. The molecule has 0 bridgehead atoms. The lowest BCUT2D eigenvalue weighted by molar-refractivity contribution is -0.137.